The van der Waals surface area contributed by atoms with Crippen LogP contribution in [-0.2, 0) is 20.7 Å². The van der Waals surface area contributed by atoms with E-state index in [1.807, 2.05) is 49.9 Å². The van der Waals surface area contributed by atoms with Crippen LogP contribution in [0, 0.1) is 0 Å². The summed E-state index contributed by atoms with van der Waals surface area (Å²) >= 11 is 5.99. The molecule has 2 aliphatic heterocycles. The largest absolute Gasteiger partial charge is 0.444 e. The zero-order valence-electron chi connectivity index (χ0n) is 17.5. The summed E-state index contributed by atoms with van der Waals surface area (Å²) in [6.45, 7) is 7.70. The van der Waals surface area contributed by atoms with Gasteiger partial charge in [0.05, 0.1) is 25.3 Å². The van der Waals surface area contributed by atoms with E-state index in [0.717, 1.165) is 24.9 Å². The summed E-state index contributed by atoms with van der Waals surface area (Å²) in [6, 6.07) is 7.51. The van der Waals surface area contributed by atoms with Crippen molar-refractivity contribution in [3.8, 4) is 0 Å². The molecule has 3 rings (SSSR count). The Morgan fingerprint density at radius 3 is 2.62 bits per heavy atom. The zero-order valence-corrected chi connectivity index (χ0v) is 18.3. The number of rotatable bonds is 4. The molecule has 0 radical (unpaired) electrons. The molecule has 0 bridgehead atoms. The third kappa shape index (κ3) is 6.34. The topological polar surface area (TPSA) is 59.1 Å². The molecule has 2 fully saturated rings. The van der Waals surface area contributed by atoms with Crippen molar-refractivity contribution in [2.45, 2.75) is 64.2 Å². The van der Waals surface area contributed by atoms with Gasteiger partial charge in [-0.15, -0.1) is 0 Å². The lowest BCUT2D eigenvalue weighted by molar-refractivity contribution is -0.137. The Bertz CT molecular complexity index is 717. The van der Waals surface area contributed by atoms with E-state index in [0.29, 0.717) is 37.6 Å². The molecule has 2 atom stereocenters. The molecule has 160 valence electrons. The Morgan fingerprint density at radius 1 is 1.24 bits per heavy atom. The minimum atomic E-state index is -0.571. The third-order valence-corrected chi connectivity index (χ3v) is 5.48. The molecule has 0 unspecified atom stereocenters. The Balaban J connectivity index is 1.69. The fourth-order valence-corrected chi connectivity index (χ4v) is 3.90. The normalized spacial score (nSPS) is 23.2. The highest BCUT2D eigenvalue weighted by molar-refractivity contribution is 6.30. The molecular formula is C22H31ClN2O4. The monoisotopic (exact) mass is 422 g/mol. The number of morpholine rings is 1. The first-order valence-corrected chi connectivity index (χ1v) is 10.7. The number of hydrogen-bond acceptors (Lipinski definition) is 4. The van der Waals surface area contributed by atoms with Crippen LogP contribution in [0.2, 0.25) is 5.02 Å². The highest BCUT2D eigenvalue weighted by Crippen LogP contribution is 2.22. The van der Waals surface area contributed by atoms with Gasteiger partial charge in [-0.25, -0.2) is 4.79 Å². The summed E-state index contributed by atoms with van der Waals surface area (Å²) in [7, 11) is 0. The smallest absolute Gasteiger partial charge is 0.410 e. The summed E-state index contributed by atoms with van der Waals surface area (Å²) in [6.07, 6.45) is 2.69. The molecule has 2 aliphatic rings. The summed E-state index contributed by atoms with van der Waals surface area (Å²) in [5.41, 5.74) is 0.514. The van der Waals surface area contributed by atoms with Crippen LogP contribution in [0.4, 0.5) is 4.79 Å². The van der Waals surface area contributed by atoms with Crippen LogP contribution >= 0.6 is 11.6 Å². The molecule has 29 heavy (non-hydrogen) atoms. The molecule has 0 N–H and O–H groups in total. The fraction of sp³-hybridized carbons (Fsp3) is 0.636. The summed E-state index contributed by atoms with van der Waals surface area (Å²) in [5.74, 6) is 0.173. The molecule has 6 nitrogen and oxygen atoms in total. The van der Waals surface area contributed by atoms with Gasteiger partial charge in [0.15, 0.2) is 0 Å². The number of ether oxygens (including phenoxy) is 2. The summed E-state index contributed by atoms with van der Waals surface area (Å²) in [4.78, 5) is 28.7. The van der Waals surface area contributed by atoms with E-state index >= 15 is 0 Å². The van der Waals surface area contributed by atoms with Crippen molar-refractivity contribution < 1.29 is 19.1 Å². The van der Waals surface area contributed by atoms with E-state index in [9.17, 15) is 9.59 Å². The van der Waals surface area contributed by atoms with Crippen molar-refractivity contribution in [1.82, 2.24) is 9.80 Å². The van der Waals surface area contributed by atoms with E-state index in [-0.39, 0.29) is 24.1 Å². The zero-order chi connectivity index (χ0) is 21.0. The van der Waals surface area contributed by atoms with Crippen LogP contribution in [0.5, 0.6) is 0 Å². The minimum absolute atomic E-state index is 0.126. The van der Waals surface area contributed by atoms with Crippen LogP contribution in [0.3, 0.4) is 0 Å². The number of nitrogens with zero attached hydrogens (tertiary/aromatic N) is 2. The van der Waals surface area contributed by atoms with Crippen LogP contribution in [0.15, 0.2) is 24.3 Å². The van der Waals surface area contributed by atoms with Gasteiger partial charge < -0.3 is 14.4 Å². The molecule has 1 aromatic carbocycles. The van der Waals surface area contributed by atoms with Crippen LogP contribution in [0.25, 0.3) is 0 Å². The van der Waals surface area contributed by atoms with Gasteiger partial charge in [0.25, 0.3) is 0 Å². The fourth-order valence-electron chi connectivity index (χ4n) is 3.78. The first-order chi connectivity index (χ1) is 13.7. The average Bonchev–Trinajstić information content (AvgIpc) is 2.65. The highest BCUT2D eigenvalue weighted by Gasteiger charge is 2.36. The number of halogens is 1. The van der Waals surface area contributed by atoms with Gasteiger partial charge in [-0.3, -0.25) is 9.69 Å². The average molecular weight is 423 g/mol. The highest BCUT2D eigenvalue weighted by atomic mass is 35.5. The molecule has 7 heteroatoms. The maximum Gasteiger partial charge on any atom is 0.410 e. The van der Waals surface area contributed by atoms with Crippen molar-refractivity contribution >= 4 is 23.6 Å². The quantitative estimate of drug-likeness (QED) is 0.738. The number of likely N-dealkylation sites (tertiary alicyclic amines) is 1. The van der Waals surface area contributed by atoms with Gasteiger partial charge in [0, 0.05) is 24.5 Å². The maximum atomic E-state index is 12.9. The predicted molar refractivity (Wildman–Crippen MR) is 112 cm³/mol. The molecule has 1 aromatic rings. The van der Waals surface area contributed by atoms with Crippen molar-refractivity contribution in [3.63, 3.8) is 0 Å². The second-order valence-corrected chi connectivity index (χ2v) is 9.31. The van der Waals surface area contributed by atoms with Gasteiger partial charge >= 0.3 is 6.09 Å². The van der Waals surface area contributed by atoms with E-state index in [1.54, 1.807) is 4.90 Å². The third-order valence-electron chi connectivity index (χ3n) is 5.22. The van der Waals surface area contributed by atoms with Gasteiger partial charge in [-0.1, -0.05) is 23.7 Å². The maximum absolute atomic E-state index is 12.9. The van der Waals surface area contributed by atoms with Crippen molar-refractivity contribution in [2.75, 3.05) is 26.2 Å². The Hall–Kier alpha value is -1.79. The summed E-state index contributed by atoms with van der Waals surface area (Å²) < 4.78 is 11.7. The number of benzene rings is 1. The second kappa shape index (κ2) is 9.35. The molecule has 0 aliphatic carbocycles. The van der Waals surface area contributed by atoms with Crippen LogP contribution in [-0.4, -0.2) is 65.8 Å². The Kier molecular flexibility index (Phi) is 7.06. The summed E-state index contributed by atoms with van der Waals surface area (Å²) in [5, 5.41) is 0.684. The van der Waals surface area contributed by atoms with Crippen LogP contribution < -0.4 is 0 Å². The first-order valence-electron chi connectivity index (χ1n) is 10.3. The lowest BCUT2D eigenvalue weighted by atomic mass is 10.0. The predicted octanol–water partition coefficient (Wildman–Crippen LogP) is 3.90. The van der Waals surface area contributed by atoms with Gasteiger partial charge in [-0.2, -0.15) is 0 Å². The Morgan fingerprint density at radius 2 is 1.97 bits per heavy atom. The molecule has 2 saturated heterocycles. The van der Waals surface area contributed by atoms with Crippen LogP contribution in [0.1, 0.15) is 45.6 Å². The number of hydrogen-bond donors (Lipinski definition) is 0. The van der Waals surface area contributed by atoms with Crippen molar-refractivity contribution in [3.05, 3.63) is 34.9 Å². The molecule has 2 amide bonds. The lowest BCUT2D eigenvalue weighted by Gasteiger charge is -2.42. The molecule has 0 saturated carbocycles. The SMILES string of the molecule is CC(C)(C)OC(=O)N1C[C@H](CN2CCCCC2=O)OC[C@@H]1Cc1ccc(Cl)cc1. The molecule has 2 heterocycles. The molecular weight excluding hydrogens is 392 g/mol. The van der Waals surface area contributed by atoms with Gasteiger partial charge in [-0.05, 0) is 57.7 Å². The minimum Gasteiger partial charge on any atom is -0.444 e. The first kappa shape index (κ1) is 21.9. The number of piperidine rings is 1. The van der Waals surface area contributed by atoms with E-state index in [4.69, 9.17) is 21.1 Å². The van der Waals surface area contributed by atoms with Crippen molar-refractivity contribution in [1.29, 1.82) is 0 Å². The van der Waals surface area contributed by atoms with Gasteiger partial charge in [0.2, 0.25) is 5.91 Å². The van der Waals surface area contributed by atoms with E-state index in [1.165, 1.54) is 0 Å². The molecule has 0 spiro atoms. The number of carbonyl (C=O) groups is 2. The van der Waals surface area contributed by atoms with Gasteiger partial charge in [0.1, 0.15) is 5.60 Å². The van der Waals surface area contributed by atoms with Crippen molar-refractivity contribution in [2.24, 2.45) is 0 Å². The Labute approximate surface area is 178 Å². The lowest BCUT2D eigenvalue weighted by Crippen LogP contribution is -2.57. The molecule has 0 aromatic heterocycles. The number of amides is 2. The standard InChI is InChI=1S/C22H31ClN2O4/c1-22(2,3)29-21(27)25-14-19(13-24-11-5-4-6-20(24)26)28-15-18(25)12-16-7-9-17(23)10-8-16/h7-10,18-19H,4-6,11-15H2,1-3H3/t18-,19-/m0/s1. The van der Waals surface area contributed by atoms with E-state index < -0.39 is 5.60 Å². The number of carbonyl (C=O) groups excluding carboxylic acids is 2. The second-order valence-electron chi connectivity index (χ2n) is 8.87. The van der Waals surface area contributed by atoms with E-state index in [2.05, 4.69) is 0 Å².